The standard InChI is InChI=1S/C26H31N7O2S/c1-30-12-14-32(15-13-30)19-8-10-31(11-9-19)20-16-27-26-24(17-28-33(26)18-20)22-6-7-25(29-36(34)35)23-5-3-2-4-21(22)23/h2-7,16-19,29H,8-15H2,1H3,(H,34,35)/p-1. The Balaban J connectivity index is 1.24. The molecule has 2 saturated heterocycles. The van der Waals surface area contributed by atoms with Crippen molar-refractivity contribution in [2.75, 3.05) is 55.9 Å². The minimum Gasteiger partial charge on any atom is -0.755 e. The van der Waals surface area contributed by atoms with E-state index in [-0.39, 0.29) is 0 Å². The summed E-state index contributed by atoms with van der Waals surface area (Å²) in [6.07, 6.45) is 8.21. The van der Waals surface area contributed by atoms with Crippen LogP contribution < -0.4 is 9.62 Å². The number of hydrogen-bond acceptors (Lipinski definition) is 7. The Hall–Kier alpha value is -3.05. The number of nitrogens with one attached hydrogen (secondary N) is 1. The normalized spacial score (nSPS) is 19.2. The minimum absolute atomic E-state index is 0.550. The molecule has 2 aliphatic rings. The third-order valence-corrected chi connectivity index (χ3v) is 8.02. The second-order valence-corrected chi connectivity index (χ2v) is 10.4. The molecule has 36 heavy (non-hydrogen) atoms. The molecular weight excluding hydrogens is 474 g/mol. The summed E-state index contributed by atoms with van der Waals surface area (Å²) in [7, 11) is 2.21. The highest BCUT2D eigenvalue weighted by Crippen LogP contribution is 2.35. The van der Waals surface area contributed by atoms with Gasteiger partial charge in [-0.15, -0.1) is 0 Å². The van der Waals surface area contributed by atoms with Gasteiger partial charge in [0.15, 0.2) is 5.65 Å². The average molecular weight is 505 g/mol. The fourth-order valence-electron chi connectivity index (χ4n) is 5.61. The van der Waals surface area contributed by atoms with Crippen LogP contribution >= 0.6 is 0 Å². The molecule has 0 radical (unpaired) electrons. The summed E-state index contributed by atoms with van der Waals surface area (Å²) in [6.45, 7) is 6.72. The van der Waals surface area contributed by atoms with E-state index in [2.05, 4.69) is 37.8 Å². The molecule has 2 fully saturated rings. The zero-order valence-electron chi connectivity index (χ0n) is 20.3. The molecule has 2 aromatic heterocycles. The number of rotatable bonds is 5. The second kappa shape index (κ2) is 9.78. The van der Waals surface area contributed by atoms with E-state index in [1.54, 1.807) is 6.07 Å². The summed E-state index contributed by atoms with van der Waals surface area (Å²) >= 11 is -2.39. The van der Waals surface area contributed by atoms with Gasteiger partial charge in [0.05, 0.1) is 30.0 Å². The van der Waals surface area contributed by atoms with Crippen molar-refractivity contribution in [3.8, 4) is 11.1 Å². The highest BCUT2D eigenvalue weighted by Gasteiger charge is 2.27. The van der Waals surface area contributed by atoms with Gasteiger partial charge in [0.1, 0.15) is 0 Å². The summed E-state index contributed by atoms with van der Waals surface area (Å²) in [4.78, 5) is 12.3. The summed E-state index contributed by atoms with van der Waals surface area (Å²) in [5, 5.41) is 6.40. The second-order valence-electron chi connectivity index (χ2n) is 9.74. The van der Waals surface area contributed by atoms with Crippen LogP contribution in [0.2, 0.25) is 0 Å². The highest BCUT2D eigenvalue weighted by atomic mass is 32.2. The van der Waals surface area contributed by atoms with E-state index in [1.165, 1.54) is 25.9 Å². The fraction of sp³-hybridized carbons (Fsp3) is 0.385. The Bertz CT molecular complexity index is 1410. The number of anilines is 2. The van der Waals surface area contributed by atoms with Crippen molar-refractivity contribution >= 4 is 39.1 Å². The van der Waals surface area contributed by atoms with Gasteiger partial charge >= 0.3 is 0 Å². The van der Waals surface area contributed by atoms with Gasteiger partial charge in [-0.05, 0) is 36.9 Å². The largest absolute Gasteiger partial charge is 0.755 e. The molecule has 0 amide bonds. The Morgan fingerprint density at radius 1 is 0.944 bits per heavy atom. The maximum atomic E-state index is 11.2. The molecule has 0 aliphatic carbocycles. The van der Waals surface area contributed by atoms with Gasteiger partial charge < -0.3 is 19.1 Å². The third-order valence-electron chi connectivity index (χ3n) is 7.63. The zero-order chi connectivity index (χ0) is 24.6. The highest BCUT2D eigenvalue weighted by molar-refractivity contribution is 7.80. The van der Waals surface area contributed by atoms with Crippen LogP contribution in [0.4, 0.5) is 11.4 Å². The van der Waals surface area contributed by atoms with Crippen LogP contribution in [-0.4, -0.2) is 85.5 Å². The van der Waals surface area contributed by atoms with Crippen LogP contribution in [0.25, 0.3) is 27.5 Å². The van der Waals surface area contributed by atoms with E-state index in [0.717, 1.165) is 59.4 Å². The topological polar surface area (TPSA) is 92.1 Å². The van der Waals surface area contributed by atoms with E-state index in [1.807, 2.05) is 47.2 Å². The minimum atomic E-state index is -2.39. The number of nitrogens with zero attached hydrogens (tertiary/aromatic N) is 6. The summed E-state index contributed by atoms with van der Waals surface area (Å²) < 4.78 is 26.8. The van der Waals surface area contributed by atoms with Gasteiger partial charge in [-0.1, -0.05) is 30.3 Å². The van der Waals surface area contributed by atoms with Gasteiger partial charge in [0, 0.05) is 67.5 Å². The van der Waals surface area contributed by atoms with Crippen molar-refractivity contribution in [1.29, 1.82) is 0 Å². The number of fused-ring (bicyclic) bond motifs is 2. The van der Waals surface area contributed by atoms with Crippen molar-refractivity contribution < 1.29 is 8.76 Å². The molecule has 0 bridgehead atoms. The van der Waals surface area contributed by atoms with Crippen molar-refractivity contribution in [3.63, 3.8) is 0 Å². The lowest BCUT2D eigenvalue weighted by molar-refractivity contribution is 0.0982. The molecule has 6 rings (SSSR count). The number of benzene rings is 2. The first-order chi connectivity index (χ1) is 17.6. The van der Waals surface area contributed by atoms with E-state index in [0.29, 0.717) is 11.7 Å². The average Bonchev–Trinajstić information content (AvgIpc) is 3.32. The van der Waals surface area contributed by atoms with Crippen LogP contribution in [0.15, 0.2) is 55.0 Å². The van der Waals surface area contributed by atoms with E-state index < -0.39 is 11.3 Å². The summed E-state index contributed by atoms with van der Waals surface area (Å²) in [6, 6.07) is 12.1. The van der Waals surface area contributed by atoms with Gasteiger partial charge in [-0.25, -0.2) is 9.50 Å². The van der Waals surface area contributed by atoms with Crippen LogP contribution in [0.3, 0.4) is 0 Å². The SMILES string of the molecule is CN1CCN(C2CCN(c3cnc4c(-c5ccc(NS(=O)[O-])c6ccccc56)cnn4c3)CC2)CC1. The number of piperidine rings is 1. The lowest BCUT2D eigenvalue weighted by atomic mass is 9.99. The molecule has 1 unspecified atom stereocenters. The van der Waals surface area contributed by atoms with E-state index >= 15 is 0 Å². The third kappa shape index (κ3) is 4.45. The van der Waals surface area contributed by atoms with Crippen LogP contribution in [-0.2, 0) is 11.3 Å². The molecular formula is C26H30N7O2S-. The van der Waals surface area contributed by atoms with E-state index in [9.17, 15) is 8.76 Å². The van der Waals surface area contributed by atoms with Gasteiger partial charge in [-0.2, -0.15) is 5.10 Å². The van der Waals surface area contributed by atoms with Crippen LogP contribution in [0, 0.1) is 0 Å². The molecule has 188 valence electrons. The van der Waals surface area contributed by atoms with Crippen LogP contribution in [0.1, 0.15) is 12.8 Å². The predicted molar refractivity (Wildman–Crippen MR) is 143 cm³/mol. The van der Waals surface area contributed by atoms with Gasteiger partial charge in [0.25, 0.3) is 0 Å². The molecule has 2 aromatic carbocycles. The Morgan fingerprint density at radius 2 is 1.69 bits per heavy atom. The molecule has 9 nitrogen and oxygen atoms in total. The Morgan fingerprint density at radius 3 is 2.44 bits per heavy atom. The maximum absolute atomic E-state index is 11.2. The van der Waals surface area contributed by atoms with E-state index in [4.69, 9.17) is 4.98 Å². The number of aromatic nitrogens is 3. The monoisotopic (exact) mass is 504 g/mol. The molecule has 1 N–H and O–H groups in total. The summed E-state index contributed by atoms with van der Waals surface area (Å²) in [5.41, 5.74) is 4.31. The lowest BCUT2D eigenvalue weighted by Gasteiger charge is -2.42. The Labute approximate surface area is 213 Å². The quantitative estimate of drug-likeness (QED) is 0.418. The molecule has 4 aromatic rings. The number of hydrogen-bond donors (Lipinski definition) is 1. The van der Waals surface area contributed by atoms with Crippen molar-refractivity contribution in [2.24, 2.45) is 0 Å². The Kier molecular flexibility index (Phi) is 6.34. The fourth-order valence-corrected chi connectivity index (χ4v) is 5.96. The van der Waals surface area contributed by atoms with Gasteiger partial charge in [0.2, 0.25) is 0 Å². The zero-order valence-corrected chi connectivity index (χ0v) is 21.2. The van der Waals surface area contributed by atoms with Gasteiger partial charge in [-0.3, -0.25) is 9.11 Å². The molecule has 0 spiro atoms. The first-order valence-electron chi connectivity index (χ1n) is 12.5. The first-order valence-corrected chi connectivity index (χ1v) is 13.5. The maximum Gasteiger partial charge on any atom is 0.162 e. The van der Waals surface area contributed by atoms with Crippen molar-refractivity contribution in [3.05, 3.63) is 55.0 Å². The molecule has 10 heteroatoms. The lowest BCUT2D eigenvalue weighted by Crippen LogP contribution is -2.52. The molecule has 1 atom stereocenters. The predicted octanol–water partition coefficient (Wildman–Crippen LogP) is 2.97. The molecule has 0 saturated carbocycles. The molecule has 4 heterocycles. The van der Waals surface area contributed by atoms with Crippen molar-refractivity contribution in [2.45, 2.75) is 18.9 Å². The molecule has 2 aliphatic heterocycles. The first kappa shape index (κ1) is 23.4. The number of piperazine rings is 1. The summed E-state index contributed by atoms with van der Waals surface area (Å²) in [5.74, 6) is 0. The van der Waals surface area contributed by atoms with Crippen molar-refractivity contribution in [1.82, 2.24) is 24.4 Å². The number of likely N-dealkylation sites (N-methyl/N-ethyl adjacent to an activating group) is 1. The van der Waals surface area contributed by atoms with Crippen LogP contribution in [0.5, 0.6) is 0 Å². The smallest absolute Gasteiger partial charge is 0.162 e.